The summed E-state index contributed by atoms with van der Waals surface area (Å²) in [6.45, 7) is -0.706. The lowest BCUT2D eigenvalue weighted by Crippen LogP contribution is -2.57. The van der Waals surface area contributed by atoms with E-state index in [2.05, 4.69) is 10.0 Å². The SMILES string of the molecule is [N-]=[N+]=N[C@H]1[C@@H](O)[C@H](n2cc(F)c(=O)[nH]c2=O)O[C@H](CO)[C@H]1O. The standard InChI is InChI=1S/C10H12FN5O6/c11-3-1-16(10(21)13-8(3)20)9-7(19)5(14-15-12)6(18)4(2-17)22-9/h1,4-7,9,17-19H,2H2,(H,13,20,21)/t4-,5-,6-,7-,9-/m1/s1. The van der Waals surface area contributed by atoms with Crippen LogP contribution in [0.4, 0.5) is 4.39 Å². The van der Waals surface area contributed by atoms with E-state index in [1.165, 1.54) is 0 Å². The second-order valence-corrected chi connectivity index (χ2v) is 4.57. The van der Waals surface area contributed by atoms with Crippen LogP contribution >= 0.6 is 0 Å². The van der Waals surface area contributed by atoms with Crippen molar-refractivity contribution in [3.8, 4) is 0 Å². The molecule has 0 aliphatic carbocycles. The zero-order chi connectivity index (χ0) is 16.4. The summed E-state index contributed by atoms with van der Waals surface area (Å²) in [6.07, 6.45) is -5.60. The molecule has 1 fully saturated rings. The van der Waals surface area contributed by atoms with Crippen molar-refractivity contribution in [1.82, 2.24) is 9.55 Å². The smallest absolute Gasteiger partial charge is 0.330 e. The molecule has 1 aromatic heterocycles. The molecule has 120 valence electrons. The van der Waals surface area contributed by atoms with E-state index < -0.39 is 54.3 Å². The number of aliphatic hydroxyl groups is 3. The van der Waals surface area contributed by atoms with Gasteiger partial charge in [-0.3, -0.25) is 14.3 Å². The Morgan fingerprint density at radius 1 is 1.45 bits per heavy atom. The largest absolute Gasteiger partial charge is 0.394 e. The first-order valence-electron chi connectivity index (χ1n) is 6.08. The number of nitrogens with zero attached hydrogens (tertiary/aromatic N) is 4. The molecule has 0 saturated carbocycles. The van der Waals surface area contributed by atoms with Crippen molar-refractivity contribution in [3.63, 3.8) is 0 Å². The Morgan fingerprint density at radius 2 is 2.14 bits per heavy atom. The van der Waals surface area contributed by atoms with Crippen LogP contribution in [0.15, 0.2) is 20.9 Å². The Bertz CT molecular complexity index is 712. The third-order valence-corrected chi connectivity index (χ3v) is 3.25. The van der Waals surface area contributed by atoms with E-state index in [1.54, 1.807) is 4.98 Å². The van der Waals surface area contributed by atoms with E-state index in [0.717, 1.165) is 0 Å². The third kappa shape index (κ3) is 2.73. The lowest BCUT2D eigenvalue weighted by Gasteiger charge is -2.40. The van der Waals surface area contributed by atoms with Gasteiger partial charge in [-0.2, -0.15) is 4.39 Å². The number of aromatic amines is 1. The molecule has 0 amide bonds. The van der Waals surface area contributed by atoms with Crippen molar-refractivity contribution in [2.45, 2.75) is 30.6 Å². The van der Waals surface area contributed by atoms with Crippen molar-refractivity contribution in [3.05, 3.63) is 43.3 Å². The average molecular weight is 317 g/mol. The maximum Gasteiger partial charge on any atom is 0.330 e. The zero-order valence-corrected chi connectivity index (χ0v) is 10.9. The summed E-state index contributed by atoms with van der Waals surface area (Å²) >= 11 is 0. The van der Waals surface area contributed by atoms with Crippen molar-refractivity contribution in [1.29, 1.82) is 0 Å². The average Bonchev–Trinajstić information content (AvgIpc) is 2.48. The molecular formula is C10H12FN5O6. The molecule has 2 heterocycles. The minimum Gasteiger partial charge on any atom is -0.394 e. The molecule has 0 bridgehead atoms. The summed E-state index contributed by atoms with van der Waals surface area (Å²) in [5, 5.41) is 32.3. The maximum absolute atomic E-state index is 13.3. The molecule has 11 nitrogen and oxygen atoms in total. The van der Waals surface area contributed by atoms with Gasteiger partial charge in [-0.25, -0.2) is 4.79 Å². The van der Waals surface area contributed by atoms with Crippen LogP contribution in [0.25, 0.3) is 10.4 Å². The number of nitrogens with one attached hydrogen (secondary N) is 1. The predicted octanol–water partition coefficient (Wildman–Crippen LogP) is -2.03. The Labute approximate surface area is 120 Å². The number of H-pyrrole nitrogens is 1. The third-order valence-electron chi connectivity index (χ3n) is 3.25. The lowest BCUT2D eigenvalue weighted by molar-refractivity contribution is -0.216. The van der Waals surface area contributed by atoms with Crippen LogP contribution in [0.2, 0.25) is 0 Å². The molecule has 0 spiro atoms. The molecule has 0 aromatic carbocycles. The monoisotopic (exact) mass is 317 g/mol. The number of hydrogen-bond donors (Lipinski definition) is 4. The number of azide groups is 1. The van der Waals surface area contributed by atoms with Gasteiger partial charge in [0.25, 0.3) is 5.56 Å². The summed E-state index contributed by atoms with van der Waals surface area (Å²) in [5.41, 5.74) is 6.13. The van der Waals surface area contributed by atoms with Gasteiger partial charge in [0.1, 0.15) is 12.2 Å². The second kappa shape index (κ2) is 6.25. The molecule has 2 rings (SSSR count). The molecule has 1 aliphatic heterocycles. The highest BCUT2D eigenvalue weighted by Gasteiger charge is 2.45. The van der Waals surface area contributed by atoms with Gasteiger partial charge in [-0.05, 0) is 5.53 Å². The fraction of sp³-hybridized carbons (Fsp3) is 0.600. The van der Waals surface area contributed by atoms with Gasteiger partial charge >= 0.3 is 5.69 Å². The fourth-order valence-electron chi connectivity index (χ4n) is 2.16. The van der Waals surface area contributed by atoms with Crippen molar-refractivity contribution >= 4 is 0 Å². The normalized spacial score (nSPS) is 31.5. The molecule has 22 heavy (non-hydrogen) atoms. The molecule has 1 aliphatic rings. The van der Waals surface area contributed by atoms with E-state index in [9.17, 15) is 24.2 Å². The number of aliphatic hydroxyl groups excluding tert-OH is 3. The minimum atomic E-state index is -1.71. The highest BCUT2D eigenvalue weighted by atomic mass is 19.1. The van der Waals surface area contributed by atoms with Crippen molar-refractivity contribution < 1.29 is 24.4 Å². The van der Waals surface area contributed by atoms with Gasteiger partial charge in [-0.15, -0.1) is 0 Å². The summed E-state index contributed by atoms with van der Waals surface area (Å²) in [7, 11) is 0. The van der Waals surface area contributed by atoms with Crippen molar-refractivity contribution in [2.24, 2.45) is 5.11 Å². The molecule has 5 atom stereocenters. The van der Waals surface area contributed by atoms with Gasteiger partial charge in [0, 0.05) is 4.91 Å². The first-order valence-corrected chi connectivity index (χ1v) is 6.08. The molecule has 4 N–H and O–H groups in total. The molecular weight excluding hydrogens is 305 g/mol. The Balaban J connectivity index is 2.49. The van der Waals surface area contributed by atoms with Crippen molar-refractivity contribution in [2.75, 3.05) is 6.61 Å². The first kappa shape index (κ1) is 16.1. The predicted molar refractivity (Wildman–Crippen MR) is 67.2 cm³/mol. The van der Waals surface area contributed by atoms with Gasteiger partial charge < -0.3 is 20.1 Å². The summed E-state index contributed by atoms with van der Waals surface area (Å²) < 4.78 is 19.0. The van der Waals surface area contributed by atoms with E-state index >= 15 is 0 Å². The van der Waals surface area contributed by atoms with Crippen LogP contribution in [-0.2, 0) is 4.74 Å². The first-order chi connectivity index (χ1) is 10.4. The quantitative estimate of drug-likeness (QED) is 0.284. The Morgan fingerprint density at radius 3 is 2.73 bits per heavy atom. The number of hydrogen-bond acceptors (Lipinski definition) is 7. The summed E-state index contributed by atoms with van der Waals surface area (Å²) in [6, 6.07) is -1.44. The molecule has 0 radical (unpaired) electrons. The Hall–Kier alpha value is -2.24. The molecule has 1 saturated heterocycles. The zero-order valence-electron chi connectivity index (χ0n) is 10.9. The fourth-order valence-corrected chi connectivity index (χ4v) is 2.16. The summed E-state index contributed by atoms with van der Waals surface area (Å²) in [4.78, 5) is 26.8. The lowest BCUT2D eigenvalue weighted by atomic mass is 9.96. The van der Waals surface area contributed by atoms with Crippen LogP contribution in [0.3, 0.4) is 0 Å². The van der Waals surface area contributed by atoms with Crippen LogP contribution < -0.4 is 11.2 Å². The van der Waals surface area contributed by atoms with E-state index in [-0.39, 0.29) is 0 Å². The van der Waals surface area contributed by atoms with Crippen LogP contribution in [0.1, 0.15) is 6.23 Å². The number of rotatable bonds is 3. The molecule has 12 heteroatoms. The molecule has 1 aromatic rings. The summed E-state index contributed by atoms with van der Waals surface area (Å²) in [5.74, 6) is -1.30. The van der Waals surface area contributed by atoms with Gasteiger partial charge in [0.2, 0.25) is 5.82 Å². The molecule has 0 unspecified atom stereocenters. The number of ether oxygens (including phenoxy) is 1. The number of aromatic nitrogens is 2. The van der Waals surface area contributed by atoms with E-state index in [1.807, 2.05) is 0 Å². The topological polar surface area (TPSA) is 174 Å². The van der Waals surface area contributed by atoms with Gasteiger partial charge in [-0.1, -0.05) is 5.11 Å². The highest BCUT2D eigenvalue weighted by molar-refractivity contribution is 4.98. The second-order valence-electron chi connectivity index (χ2n) is 4.57. The van der Waals surface area contributed by atoms with Gasteiger partial charge in [0.05, 0.1) is 24.9 Å². The number of halogens is 1. The van der Waals surface area contributed by atoms with Crippen LogP contribution in [0, 0.1) is 5.82 Å². The van der Waals surface area contributed by atoms with Crippen LogP contribution in [0.5, 0.6) is 0 Å². The van der Waals surface area contributed by atoms with E-state index in [0.29, 0.717) is 10.8 Å². The highest BCUT2D eigenvalue weighted by Crippen LogP contribution is 2.29. The van der Waals surface area contributed by atoms with E-state index in [4.69, 9.17) is 15.4 Å². The Kier molecular flexibility index (Phi) is 4.59. The van der Waals surface area contributed by atoms with Crippen LogP contribution in [-0.4, -0.2) is 55.8 Å². The minimum absolute atomic E-state index is 0.508. The maximum atomic E-state index is 13.3. The van der Waals surface area contributed by atoms with Gasteiger partial charge in [0.15, 0.2) is 6.23 Å².